The van der Waals surface area contributed by atoms with Crippen molar-refractivity contribution in [1.29, 1.82) is 0 Å². The fraction of sp³-hybridized carbons (Fsp3) is 0.833. The van der Waals surface area contributed by atoms with Gasteiger partial charge in [0.25, 0.3) is 0 Å². The van der Waals surface area contributed by atoms with Crippen LogP contribution in [0.15, 0.2) is 0 Å². The topological polar surface area (TPSA) is 86.6 Å². The van der Waals surface area contributed by atoms with E-state index >= 15 is 0 Å². The Morgan fingerprint density at radius 1 is 1.29 bits per heavy atom. The maximum absolute atomic E-state index is 11.4. The lowest BCUT2D eigenvalue weighted by atomic mass is 10.1. The highest BCUT2D eigenvalue weighted by Gasteiger charge is 2.18. The lowest BCUT2D eigenvalue weighted by Crippen LogP contribution is -2.41. The molecular formula is C12H23NO4. The van der Waals surface area contributed by atoms with Crippen LogP contribution in [-0.4, -0.2) is 34.7 Å². The third-order valence-electron chi connectivity index (χ3n) is 2.45. The molecule has 3 N–H and O–H groups in total. The van der Waals surface area contributed by atoms with Crippen molar-refractivity contribution in [2.75, 3.05) is 6.61 Å². The Hall–Kier alpha value is -1.10. The van der Waals surface area contributed by atoms with Gasteiger partial charge in [-0.05, 0) is 6.42 Å². The summed E-state index contributed by atoms with van der Waals surface area (Å²) >= 11 is 0. The summed E-state index contributed by atoms with van der Waals surface area (Å²) in [5, 5.41) is 19.8. The van der Waals surface area contributed by atoms with Gasteiger partial charge in [-0.3, -0.25) is 4.79 Å². The summed E-state index contributed by atoms with van der Waals surface area (Å²) in [6, 6.07) is -0.995. The van der Waals surface area contributed by atoms with Crippen LogP contribution in [0.3, 0.4) is 0 Å². The number of carbonyl (C=O) groups is 2. The molecule has 0 saturated heterocycles. The zero-order chi connectivity index (χ0) is 13.8. The molecule has 0 bridgehead atoms. The first-order valence-electron chi connectivity index (χ1n) is 6.74. The smallest absolute Gasteiger partial charge is 0.326 e. The van der Waals surface area contributed by atoms with Crippen molar-refractivity contribution in [3.8, 4) is 0 Å². The number of carboxylic acids is 1. The highest BCUT2D eigenvalue weighted by molar-refractivity contribution is 5.83. The molecule has 0 aliphatic carbocycles. The Morgan fingerprint density at radius 2 is 2.00 bits per heavy atom. The molecule has 5 heteroatoms. The van der Waals surface area contributed by atoms with Crippen molar-refractivity contribution < 1.29 is 21.2 Å². The average Bonchev–Trinajstić information content (AvgIpc) is 2.33. The first-order chi connectivity index (χ1) is 8.61. The van der Waals surface area contributed by atoms with Gasteiger partial charge in [-0.2, -0.15) is 0 Å². The molecule has 100 valence electrons. The Bertz CT molecular complexity index is 248. The number of aliphatic carboxylic acids is 1. The zero-order valence-electron chi connectivity index (χ0n) is 11.2. The van der Waals surface area contributed by atoms with Crippen LogP contribution >= 0.6 is 0 Å². The van der Waals surface area contributed by atoms with E-state index in [0.29, 0.717) is 13.3 Å². The molecule has 0 aliphatic rings. The van der Waals surface area contributed by atoms with Crippen LogP contribution in [-0.2, 0) is 9.59 Å². The van der Waals surface area contributed by atoms with E-state index in [1.165, 1.54) is 0 Å². The van der Waals surface area contributed by atoms with Gasteiger partial charge in [0.05, 0.1) is 0 Å². The molecule has 1 atom stereocenters. The van der Waals surface area contributed by atoms with E-state index < -0.39 is 12.0 Å². The van der Waals surface area contributed by atoms with E-state index in [4.69, 9.17) is 11.6 Å². The molecular weight excluding hydrogens is 222 g/mol. The number of hydrogen-bond donors (Lipinski definition) is 3. The molecule has 0 aromatic heterocycles. The SMILES string of the molecule is [2H]CCCCCCCC(=O)N[C@@H](CCO)C(=O)O. The quantitative estimate of drug-likeness (QED) is 0.507. The molecule has 0 fully saturated rings. The molecule has 0 radical (unpaired) electrons. The second-order valence-corrected chi connectivity index (χ2v) is 3.99. The minimum Gasteiger partial charge on any atom is -0.480 e. The van der Waals surface area contributed by atoms with Crippen LogP contribution in [0.2, 0.25) is 0 Å². The number of rotatable bonds is 10. The van der Waals surface area contributed by atoms with Gasteiger partial charge in [0, 0.05) is 20.8 Å². The number of aliphatic hydroxyl groups excluding tert-OH is 1. The molecule has 0 saturated carbocycles. The molecule has 0 rings (SSSR count). The minimum atomic E-state index is -1.12. The normalized spacial score (nSPS) is 12.9. The lowest BCUT2D eigenvalue weighted by molar-refractivity contribution is -0.142. The fourth-order valence-electron chi connectivity index (χ4n) is 1.47. The summed E-state index contributed by atoms with van der Waals surface area (Å²) in [5.74, 6) is -1.40. The van der Waals surface area contributed by atoms with Gasteiger partial charge >= 0.3 is 5.97 Å². The van der Waals surface area contributed by atoms with Crippen LogP contribution in [0.5, 0.6) is 0 Å². The second-order valence-electron chi connectivity index (χ2n) is 3.99. The molecule has 17 heavy (non-hydrogen) atoms. The van der Waals surface area contributed by atoms with Crippen molar-refractivity contribution >= 4 is 11.9 Å². The van der Waals surface area contributed by atoms with Gasteiger partial charge in [-0.25, -0.2) is 4.79 Å². The van der Waals surface area contributed by atoms with Crippen LogP contribution < -0.4 is 5.32 Å². The number of nitrogens with one attached hydrogen (secondary N) is 1. The van der Waals surface area contributed by atoms with E-state index in [9.17, 15) is 9.59 Å². The number of hydrogen-bond acceptors (Lipinski definition) is 3. The molecule has 0 aromatic carbocycles. The molecule has 0 aliphatic heterocycles. The number of amides is 1. The summed E-state index contributed by atoms with van der Waals surface area (Å²) in [7, 11) is 0. The van der Waals surface area contributed by atoms with Crippen molar-refractivity contribution in [1.82, 2.24) is 5.32 Å². The molecule has 0 heterocycles. The number of aliphatic hydroxyl groups is 1. The standard InChI is InChI=1S/C12H23NO4/c1-2-3-4-5-6-7-11(15)13-10(8-9-14)12(16)17/h10,14H,2-9H2,1H3,(H,13,15)(H,16,17)/t10-/m0/s1/i1D. The van der Waals surface area contributed by atoms with E-state index in [1.807, 2.05) is 0 Å². The van der Waals surface area contributed by atoms with Crippen LogP contribution in [0.25, 0.3) is 0 Å². The summed E-state index contributed by atoms with van der Waals surface area (Å²) in [4.78, 5) is 22.2. The maximum atomic E-state index is 11.4. The van der Waals surface area contributed by atoms with E-state index in [1.54, 1.807) is 0 Å². The fourth-order valence-corrected chi connectivity index (χ4v) is 1.47. The lowest BCUT2D eigenvalue weighted by Gasteiger charge is -2.12. The van der Waals surface area contributed by atoms with Crippen molar-refractivity contribution in [2.24, 2.45) is 0 Å². The van der Waals surface area contributed by atoms with Crippen LogP contribution in [0, 0.1) is 0 Å². The predicted octanol–water partition coefficient (Wildman–Crippen LogP) is 1.30. The third-order valence-corrected chi connectivity index (χ3v) is 2.45. The third kappa shape index (κ3) is 8.68. The van der Waals surface area contributed by atoms with Crippen molar-refractivity contribution in [3.05, 3.63) is 0 Å². The summed E-state index contributed by atoms with van der Waals surface area (Å²) in [6.07, 6.45) is 4.91. The molecule has 0 aromatic rings. The van der Waals surface area contributed by atoms with Crippen LogP contribution in [0.4, 0.5) is 0 Å². The Kier molecular flexibility index (Phi) is 8.28. The molecule has 1 amide bonds. The van der Waals surface area contributed by atoms with Crippen molar-refractivity contribution in [3.63, 3.8) is 0 Å². The molecule has 0 unspecified atom stereocenters. The first kappa shape index (κ1) is 14.0. The van der Waals surface area contributed by atoms with Gasteiger partial charge in [-0.15, -0.1) is 0 Å². The first-order valence-corrected chi connectivity index (χ1v) is 6.04. The summed E-state index contributed by atoms with van der Waals surface area (Å²) in [6.45, 7) is 0.187. The highest BCUT2D eigenvalue weighted by Crippen LogP contribution is 2.05. The van der Waals surface area contributed by atoms with Gasteiger partial charge < -0.3 is 15.5 Å². The van der Waals surface area contributed by atoms with Gasteiger partial charge in [0.15, 0.2) is 0 Å². The minimum absolute atomic E-state index is 0.0323. The van der Waals surface area contributed by atoms with Gasteiger partial charge in [0.1, 0.15) is 6.04 Å². The largest absolute Gasteiger partial charge is 0.480 e. The number of unbranched alkanes of at least 4 members (excludes halogenated alkanes) is 4. The highest BCUT2D eigenvalue weighted by atomic mass is 16.4. The number of carboxylic acid groups (broad SMARTS) is 1. The Balaban J connectivity index is 3.65. The van der Waals surface area contributed by atoms with Crippen LogP contribution in [0.1, 0.15) is 53.2 Å². The summed E-state index contributed by atoms with van der Waals surface area (Å²) in [5.41, 5.74) is 0. The monoisotopic (exact) mass is 246 g/mol. The van der Waals surface area contributed by atoms with E-state index in [-0.39, 0.29) is 18.9 Å². The second kappa shape index (κ2) is 10.1. The Labute approximate surface area is 104 Å². The van der Waals surface area contributed by atoms with Crippen molar-refractivity contribution in [2.45, 2.75) is 57.9 Å². The van der Waals surface area contributed by atoms with Gasteiger partial charge in [-0.1, -0.05) is 32.6 Å². The molecule has 5 nitrogen and oxygen atoms in total. The van der Waals surface area contributed by atoms with E-state index in [2.05, 4.69) is 5.32 Å². The van der Waals surface area contributed by atoms with E-state index in [0.717, 1.165) is 32.1 Å². The maximum Gasteiger partial charge on any atom is 0.326 e. The predicted molar refractivity (Wildman–Crippen MR) is 64.6 cm³/mol. The van der Waals surface area contributed by atoms with Gasteiger partial charge in [0.2, 0.25) is 5.91 Å². The zero-order valence-corrected chi connectivity index (χ0v) is 10.2. The summed E-state index contributed by atoms with van der Waals surface area (Å²) < 4.78 is 6.97. The number of carbonyl (C=O) groups excluding carboxylic acids is 1. The average molecular weight is 246 g/mol. The Morgan fingerprint density at radius 3 is 2.59 bits per heavy atom. The molecule has 0 spiro atoms.